The number of anilines is 3. The Hall–Kier alpha value is -7.15. The van der Waals surface area contributed by atoms with E-state index in [0.29, 0.717) is 5.89 Å². The van der Waals surface area contributed by atoms with E-state index >= 15 is 0 Å². The quantitative estimate of drug-likeness (QED) is 0.177. The lowest BCUT2D eigenvalue weighted by atomic mass is 10.1. The van der Waals surface area contributed by atoms with Gasteiger partial charge in [-0.3, -0.25) is 0 Å². The van der Waals surface area contributed by atoms with Gasteiger partial charge in [-0.15, -0.1) is 11.3 Å². The molecule has 0 saturated heterocycles. The molecule has 258 valence electrons. The van der Waals surface area contributed by atoms with Crippen molar-refractivity contribution in [3.63, 3.8) is 0 Å². The van der Waals surface area contributed by atoms with E-state index in [1.807, 2.05) is 53.8 Å². The summed E-state index contributed by atoms with van der Waals surface area (Å²) in [7, 11) is 0. The lowest BCUT2D eigenvalue weighted by Gasteiger charge is -2.27. The molecule has 0 spiro atoms. The highest BCUT2D eigenvalue weighted by Crippen LogP contribution is 2.47. The summed E-state index contributed by atoms with van der Waals surface area (Å²) in [5.74, 6) is 0.596. The summed E-state index contributed by atoms with van der Waals surface area (Å²) in [6.45, 7) is 0. The van der Waals surface area contributed by atoms with E-state index in [0.717, 1.165) is 72.4 Å². The molecule has 6 heteroatoms. The first-order valence-electron chi connectivity index (χ1n) is 18.4. The molecule has 8 aromatic carbocycles. The minimum absolute atomic E-state index is 0.596. The number of thiophene rings is 1. The molecule has 0 aliphatic carbocycles. The van der Waals surface area contributed by atoms with E-state index in [1.165, 1.54) is 30.9 Å². The SMILES string of the molecule is c1ccc(-c2nc3ccc4oc5cc(N(c6ccc7sc8ccccc8c7c6)c6cccc7c8ccccc8n(-c8ccccc8)c67)ccc5c4c3o2)cc1. The van der Waals surface area contributed by atoms with Crippen molar-refractivity contribution >= 4 is 103 Å². The maximum Gasteiger partial charge on any atom is 0.227 e. The lowest BCUT2D eigenvalue weighted by molar-refractivity contribution is 0.622. The monoisotopic (exact) mass is 723 g/mol. The number of nitrogens with zero attached hydrogens (tertiary/aromatic N) is 3. The topological polar surface area (TPSA) is 47.3 Å². The van der Waals surface area contributed by atoms with Crippen molar-refractivity contribution in [2.45, 2.75) is 0 Å². The van der Waals surface area contributed by atoms with Gasteiger partial charge in [0.15, 0.2) is 5.58 Å². The molecule has 0 N–H and O–H groups in total. The Bertz CT molecular complexity index is 3450. The van der Waals surface area contributed by atoms with Gasteiger partial charge in [-0.2, -0.15) is 0 Å². The Morgan fingerprint density at radius 2 is 1.24 bits per heavy atom. The molecule has 0 aliphatic rings. The molecule has 0 amide bonds. The van der Waals surface area contributed by atoms with Gasteiger partial charge in [0.1, 0.15) is 16.7 Å². The molecule has 0 bridgehead atoms. The molecule has 0 radical (unpaired) electrons. The fraction of sp³-hybridized carbons (Fsp3) is 0. The van der Waals surface area contributed by atoms with Crippen LogP contribution < -0.4 is 4.90 Å². The van der Waals surface area contributed by atoms with Gasteiger partial charge in [-0.25, -0.2) is 4.98 Å². The number of rotatable bonds is 5. The summed E-state index contributed by atoms with van der Waals surface area (Å²) in [6, 6.07) is 62.1. The van der Waals surface area contributed by atoms with Crippen molar-refractivity contribution in [3.8, 4) is 17.1 Å². The molecule has 4 heterocycles. The van der Waals surface area contributed by atoms with Crippen molar-refractivity contribution in [2.24, 2.45) is 0 Å². The molecular weight excluding hydrogens is 695 g/mol. The van der Waals surface area contributed by atoms with E-state index in [9.17, 15) is 0 Å². The molecule has 12 aromatic rings. The summed E-state index contributed by atoms with van der Waals surface area (Å²) in [6.07, 6.45) is 0. The number of para-hydroxylation sites is 3. The Balaban J connectivity index is 1.13. The van der Waals surface area contributed by atoms with Gasteiger partial charge in [0, 0.05) is 65.0 Å². The summed E-state index contributed by atoms with van der Waals surface area (Å²) in [5.41, 5.74) is 10.5. The third-order valence-electron chi connectivity index (χ3n) is 10.8. The highest BCUT2D eigenvalue weighted by molar-refractivity contribution is 7.25. The van der Waals surface area contributed by atoms with Gasteiger partial charge in [-0.1, -0.05) is 84.9 Å². The lowest BCUT2D eigenvalue weighted by Crippen LogP contribution is -2.11. The molecule has 0 fully saturated rings. The molecule has 12 rings (SSSR count). The highest BCUT2D eigenvalue weighted by Gasteiger charge is 2.24. The summed E-state index contributed by atoms with van der Waals surface area (Å²) in [4.78, 5) is 7.23. The van der Waals surface area contributed by atoms with Crippen molar-refractivity contribution in [2.75, 3.05) is 4.90 Å². The number of hydrogen-bond acceptors (Lipinski definition) is 5. The van der Waals surface area contributed by atoms with Crippen molar-refractivity contribution < 1.29 is 8.83 Å². The summed E-state index contributed by atoms with van der Waals surface area (Å²) < 4.78 is 18.1. The van der Waals surface area contributed by atoms with Crippen LogP contribution in [0.2, 0.25) is 0 Å². The largest absolute Gasteiger partial charge is 0.456 e. The van der Waals surface area contributed by atoms with E-state index in [1.54, 1.807) is 0 Å². The van der Waals surface area contributed by atoms with Gasteiger partial charge >= 0.3 is 0 Å². The van der Waals surface area contributed by atoms with Gasteiger partial charge in [-0.05, 0) is 84.9 Å². The third kappa shape index (κ3) is 4.55. The second-order valence-corrected chi connectivity index (χ2v) is 15.0. The fourth-order valence-electron chi connectivity index (χ4n) is 8.38. The first kappa shape index (κ1) is 30.3. The second kappa shape index (κ2) is 11.7. The second-order valence-electron chi connectivity index (χ2n) is 13.9. The van der Waals surface area contributed by atoms with Crippen LogP contribution in [0.15, 0.2) is 185 Å². The van der Waals surface area contributed by atoms with Gasteiger partial charge in [0.05, 0.1) is 22.1 Å². The molecule has 0 saturated carbocycles. The predicted octanol–water partition coefficient (Wildman–Crippen LogP) is 14.3. The zero-order valence-electron chi connectivity index (χ0n) is 29.3. The summed E-state index contributed by atoms with van der Waals surface area (Å²) in [5, 5.41) is 6.82. The molecule has 0 atom stereocenters. The maximum atomic E-state index is 6.66. The van der Waals surface area contributed by atoms with Crippen LogP contribution in [-0.4, -0.2) is 9.55 Å². The zero-order chi connectivity index (χ0) is 36.0. The van der Waals surface area contributed by atoms with Crippen LogP contribution in [0.1, 0.15) is 0 Å². The van der Waals surface area contributed by atoms with Gasteiger partial charge in [0.2, 0.25) is 5.89 Å². The minimum atomic E-state index is 0.596. The number of benzene rings is 8. The first-order valence-corrected chi connectivity index (χ1v) is 19.2. The smallest absolute Gasteiger partial charge is 0.227 e. The highest BCUT2D eigenvalue weighted by atomic mass is 32.1. The van der Waals surface area contributed by atoms with Crippen molar-refractivity contribution in [3.05, 3.63) is 176 Å². The first-order chi connectivity index (χ1) is 27.3. The van der Waals surface area contributed by atoms with Crippen LogP contribution in [0, 0.1) is 0 Å². The predicted molar refractivity (Wildman–Crippen MR) is 229 cm³/mol. The van der Waals surface area contributed by atoms with Gasteiger partial charge in [0.25, 0.3) is 0 Å². The zero-order valence-corrected chi connectivity index (χ0v) is 30.1. The number of aromatic nitrogens is 2. The fourth-order valence-corrected chi connectivity index (χ4v) is 9.47. The average molecular weight is 724 g/mol. The maximum absolute atomic E-state index is 6.66. The van der Waals surface area contributed by atoms with E-state index in [4.69, 9.17) is 13.8 Å². The molecule has 0 unspecified atom stereocenters. The molecule has 55 heavy (non-hydrogen) atoms. The molecular formula is C49H29N3O2S. The van der Waals surface area contributed by atoms with Gasteiger partial charge < -0.3 is 18.3 Å². The minimum Gasteiger partial charge on any atom is -0.456 e. The van der Waals surface area contributed by atoms with E-state index < -0.39 is 0 Å². The Morgan fingerprint density at radius 1 is 0.509 bits per heavy atom. The molecule has 4 aromatic heterocycles. The normalized spacial score (nSPS) is 12.0. The number of oxazole rings is 1. The Morgan fingerprint density at radius 3 is 2.13 bits per heavy atom. The number of fused-ring (bicyclic) bond motifs is 11. The Kier molecular flexibility index (Phi) is 6.44. The van der Waals surface area contributed by atoms with E-state index in [2.05, 4.69) is 143 Å². The molecule has 0 aliphatic heterocycles. The standard InChI is InChI=1S/C49H29N3O2S/c1-3-12-30(13-4-1)49-50-39-25-26-42-46(48(39)54-49)37-24-22-33(29-43(37)53-42)51(32-23-27-45-38(28-32)35-17-8-10-21-44(35)55-45)41-20-11-18-36-34-16-7-9-19-40(34)52(47(36)41)31-14-5-2-6-15-31/h1-29H. The van der Waals surface area contributed by atoms with E-state index in [-0.39, 0.29) is 0 Å². The summed E-state index contributed by atoms with van der Waals surface area (Å²) >= 11 is 1.83. The van der Waals surface area contributed by atoms with Crippen LogP contribution in [-0.2, 0) is 0 Å². The van der Waals surface area contributed by atoms with Crippen LogP contribution >= 0.6 is 11.3 Å². The van der Waals surface area contributed by atoms with Crippen LogP contribution in [0.3, 0.4) is 0 Å². The third-order valence-corrected chi connectivity index (χ3v) is 12.0. The number of furan rings is 1. The molecule has 5 nitrogen and oxygen atoms in total. The van der Waals surface area contributed by atoms with Crippen molar-refractivity contribution in [1.29, 1.82) is 0 Å². The van der Waals surface area contributed by atoms with Crippen LogP contribution in [0.4, 0.5) is 17.1 Å². The Labute approximate surface area is 318 Å². The van der Waals surface area contributed by atoms with Crippen molar-refractivity contribution in [1.82, 2.24) is 9.55 Å². The van der Waals surface area contributed by atoms with Crippen LogP contribution in [0.5, 0.6) is 0 Å². The average Bonchev–Trinajstić information content (AvgIpc) is 4.02. The van der Waals surface area contributed by atoms with Crippen LogP contribution in [0.25, 0.3) is 92.2 Å². The number of hydrogen-bond donors (Lipinski definition) is 0.